The number of para-hydroxylation sites is 4. The van der Waals surface area contributed by atoms with Gasteiger partial charge in [0.1, 0.15) is 57.3 Å². The maximum absolute atomic E-state index is 15.8. The van der Waals surface area contributed by atoms with E-state index in [1.165, 1.54) is 0 Å². The topological polar surface area (TPSA) is 247 Å². The van der Waals surface area contributed by atoms with Gasteiger partial charge in [-0.3, -0.25) is 18.4 Å². The van der Waals surface area contributed by atoms with Crippen LogP contribution in [0.3, 0.4) is 0 Å². The molecule has 0 bridgehead atoms. The zero-order chi connectivity index (χ0) is 56.0. The summed E-state index contributed by atoms with van der Waals surface area (Å²) in [5, 5.41) is 5.11. The van der Waals surface area contributed by atoms with Gasteiger partial charge in [-0.15, -0.1) is 0 Å². The van der Waals surface area contributed by atoms with Crippen LogP contribution in [-0.4, -0.2) is 47.2 Å². The molecule has 0 saturated heterocycles. The summed E-state index contributed by atoms with van der Waals surface area (Å²) < 4.78 is 54.2. The van der Waals surface area contributed by atoms with Gasteiger partial charge in [-0.1, -0.05) is 24.3 Å². The van der Waals surface area contributed by atoms with Gasteiger partial charge in [-0.05, 0) is 97.1 Å². The Bertz CT molecular complexity index is 5000. The van der Waals surface area contributed by atoms with Crippen molar-refractivity contribution in [3.05, 3.63) is 166 Å². The first kappa shape index (κ1) is 47.8. The highest BCUT2D eigenvalue weighted by Crippen LogP contribution is 2.58. The Balaban J connectivity index is 1.24. The summed E-state index contributed by atoms with van der Waals surface area (Å²) in [6, 6.07) is 42.3. The van der Waals surface area contributed by atoms with Gasteiger partial charge in [0.15, 0.2) is 23.0 Å². The molecule has 18 heteroatoms. The molecule has 0 saturated carbocycles. The summed E-state index contributed by atoms with van der Waals surface area (Å²) >= 11 is 0. The van der Waals surface area contributed by atoms with Crippen LogP contribution in [0, 0.1) is 0 Å². The second kappa shape index (κ2) is 17.6. The molecule has 0 aliphatic rings. The minimum Gasteiger partial charge on any atom is -0.497 e. The number of aromatic nitrogens is 4. The van der Waals surface area contributed by atoms with Crippen LogP contribution in [0.1, 0.15) is 0 Å². The van der Waals surface area contributed by atoms with Crippen molar-refractivity contribution in [1.29, 1.82) is 0 Å². The predicted molar refractivity (Wildman–Crippen MR) is 320 cm³/mol. The lowest BCUT2D eigenvalue weighted by Crippen LogP contribution is -2.15. The van der Waals surface area contributed by atoms with Gasteiger partial charge in [0.2, 0.25) is 0 Å². The first-order valence-corrected chi connectivity index (χ1v) is 25.8. The molecule has 15 rings (SSSR count). The van der Waals surface area contributed by atoms with Gasteiger partial charge in [-0.2, -0.15) is 0 Å². The third kappa shape index (κ3) is 6.81. The Kier molecular flexibility index (Phi) is 10.2. The third-order valence-electron chi connectivity index (χ3n) is 15.4. The van der Waals surface area contributed by atoms with Crippen LogP contribution in [0.15, 0.2) is 155 Å². The van der Waals surface area contributed by atoms with E-state index in [0.29, 0.717) is 110 Å². The van der Waals surface area contributed by atoms with Gasteiger partial charge in [0.05, 0.1) is 84.0 Å². The number of hydrogen-bond acceptors (Lipinski definition) is 16. The molecule has 0 spiro atoms. The van der Waals surface area contributed by atoms with E-state index in [1.54, 1.807) is 122 Å². The number of nitrogen functional groups attached to an aromatic ring is 4. The van der Waals surface area contributed by atoms with E-state index >= 15 is 9.59 Å². The van der Waals surface area contributed by atoms with Gasteiger partial charge in [0, 0.05) is 78.1 Å². The fourth-order valence-corrected chi connectivity index (χ4v) is 11.7. The number of pyridine rings is 2. The molecule has 11 aromatic carbocycles. The Labute approximate surface area is 462 Å². The van der Waals surface area contributed by atoms with Crippen LogP contribution in [-0.2, 0) is 0 Å². The number of benzene rings is 11. The Morgan fingerprint density at radius 1 is 0.329 bits per heavy atom. The van der Waals surface area contributed by atoms with E-state index in [-0.39, 0.29) is 90.6 Å². The SMILES string of the molecule is COc1ccc(Oc2cc3c(=O)n4c5ccccc5nc4c4cc(Oc5ccc(OC)cc5N)c5c6c(Oc7ccc(OC)cc7N)cc7c8c(cc(Oc9ccc(OC)cc9N)c(c2c5c34)c68)c(=O)n2c3ccccc3nc72)c(N)c1. The lowest BCUT2D eigenvalue weighted by atomic mass is 9.84. The van der Waals surface area contributed by atoms with Crippen LogP contribution in [0.4, 0.5) is 22.7 Å². The lowest BCUT2D eigenvalue weighted by molar-refractivity contribution is 0.413. The molecular formula is C64H44N8O10. The molecule has 0 atom stereocenters. The average molecular weight is 1090 g/mol. The molecule has 82 heavy (non-hydrogen) atoms. The van der Waals surface area contributed by atoms with E-state index in [2.05, 4.69) is 0 Å². The molecule has 0 radical (unpaired) electrons. The number of fused-ring (bicyclic) bond motifs is 10. The molecule has 0 aliphatic heterocycles. The van der Waals surface area contributed by atoms with Crippen molar-refractivity contribution in [3.63, 3.8) is 0 Å². The number of imidazole rings is 2. The normalized spacial score (nSPS) is 12.0. The number of nitrogens with zero attached hydrogens (tertiary/aromatic N) is 4. The Morgan fingerprint density at radius 2 is 0.622 bits per heavy atom. The van der Waals surface area contributed by atoms with E-state index in [1.807, 2.05) is 60.7 Å². The molecule has 4 aromatic heterocycles. The first-order chi connectivity index (χ1) is 39.9. The fraction of sp³-hybridized carbons (Fsp3) is 0.0625. The standard InChI is InChI=1S/C64H44N8O10/c1-75-29-13-17-45(37(65)21-29)79-49-25-33-53-35(63(73)71-43-11-7-5-9-41(43)69-61(33)71)27-51(81-47-19-15-31(77-3)23-39(47)67)57-58-52(82-48-20-16-32(78-4)24-40(48)68)28-36-54-34(62-70-42-10-6-8-12-44(42)72(62)64(36)74)26-50(56(60(54)58)55(49)59(53)57)80-46-18-14-30(76-2)22-38(46)66/h5-28H,65-68H2,1-4H3. The molecule has 0 unspecified atom stereocenters. The lowest BCUT2D eigenvalue weighted by Gasteiger charge is -2.25. The number of hydrogen-bond donors (Lipinski definition) is 4. The summed E-state index contributed by atoms with van der Waals surface area (Å²) in [6.45, 7) is 0. The summed E-state index contributed by atoms with van der Waals surface area (Å²) in [4.78, 5) is 41.8. The predicted octanol–water partition coefficient (Wildman–Crippen LogP) is 12.8. The Morgan fingerprint density at radius 3 is 0.915 bits per heavy atom. The molecular weight excluding hydrogens is 1040 g/mol. The highest BCUT2D eigenvalue weighted by atomic mass is 16.5. The smallest absolute Gasteiger partial charge is 0.264 e. The number of rotatable bonds is 12. The highest BCUT2D eigenvalue weighted by molar-refractivity contribution is 6.45. The molecule has 0 fully saturated rings. The molecule has 400 valence electrons. The van der Waals surface area contributed by atoms with Crippen LogP contribution in [0.25, 0.3) is 98.0 Å². The minimum absolute atomic E-state index is 0.170. The number of nitrogens with two attached hydrogens (primary N) is 4. The molecule has 4 heterocycles. The van der Waals surface area contributed by atoms with Crippen molar-refractivity contribution in [1.82, 2.24) is 18.8 Å². The highest BCUT2D eigenvalue weighted by Gasteiger charge is 2.33. The number of anilines is 4. The van der Waals surface area contributed by atoms with Crippen molar-refractivity contribution in [2.24, 2.45) is 0 Å². The van der Waals surface area contributed by atoms with E-state index in [9.17, 15) is 0 Å². The van der Waals surface area contributed by atoms with Crippen LogP contribution >= 0.6 is 0 Å². The molecule has 0 amide bonds. The average Bonchev–Trinajstić information content (AvgIpc) is 1.11. The minimum atomic E-state index is -0.389. The van der Waals surface area contributed by atoms with Gasteiger partial charge in [-0.25, -0.2) is 9.97 Å². The maximum atomic E-state index is 15.8. The summed E-state index contributed by atoms with van der Waals surface area (Å²) in [5.74, 6) is 3.81. The quantitative estimate of drug-likeness (QED) is 0.0504. The molecule has 8 N–H and O–H groups in total. The van der Waals surface area contributed by atoms with Crippen molar-refractivity contribution < 1.29 is 37.9 Å². The van der Waals surface area contributed by atoms with Crippen molar-refractivity contribution >= 4 is 121 Å². The van der Waals surface area contributed by atoms with E-state index < -0.39 is 0 Å². The van der Waals surface area contributed by atoms with Gasteiger partial charge < -0.3 is 60.8 Å². The summed E-state index contributed by atoms with van der Waals surface area (Å²) in [5.41, 5.74) is 30.6. The Hall–Kier alpha value is -11.4. The van der Waals surface area contributed by atoms with Gasteiger partial charge >= 0.3 is 0 Å². The second-order valence-electron chi connectivity index (χ2n) is 19.8. The van der Waals surface area contributed by atoms with Crippen LogP contribution < -0.4 is 71.9 Å². The number of methoxy groups -OCH3 is 4. The van der Waals surface area contributed by atoms with Crippen molar-refractivity contribution in [3.8, 4) is 69.0 Å². The number of ether oxygens (including phenoxy) is 8. The second-order valence-corrected chi connectivity index (χ2v) is 19.8. The molecule has 18 nitrogen and oxygen atoms in total. The monoisotopic (exact) mass is 1080 g/mol. The van der Waals surface area contributed by atoms with Crippen molar-refractivity contribution in [2.75, 3.05) is 51.4 Å². The van der Waals surface area contributed by atoms with Gasteiger partial charge in [0.25, 0.3) is 11.1 Å². The van der Waals surface area contributed by atoms with Crippen LogP contribution in [0.5, 0.6) is 69.0 Å². The summed E-state index contributed by atoms with van der Waals surface area (Å²) in [7, 11) is 6.18. The third-order valence-corrected chi connectivity index (χ3v) is 15.4. The molecule has 15 aromatic rings. The summed E-state index contributed by atoms with van der Waals surface area (Å²) in [6.07, 6.45) is 0. The van der Waals surface area contributed by atoms with E-state index in [4.69, 9.17) is 70.8 Å². The van der Waals surface area contributed by atoms with Crippen molar-refractivity contribution in [2.45, 2.75) is 0 Å². The maximum Gasteiger partial charge on any atom is 0.264 e. The zero-order valence-electron chi connectivity index (χ0n) is 44.0. The molecule has 0 aliphatic carbocycles. The fourth-order valence-electron chi connectivity index (χ4n) is 11.7. The van der Waals surface area contributed by atoms with E-state index in [0.717, 1.165) is 0 Å². The zero-order valence-corrected chi connectivity index (χ0v) is 44.0. The van der Waals surface area contributed by atoms with Crippen LogP contribution in [0.2, 0.25) is 0 Å². The largest absolute Gasteiger partial charge is 0.497 e. The first-order valence-electron chi connectivity index (χ1n) is 25.8.